The van der Waals surface area contributed by atoms with Gasteiger partial charge in [0.15, 0.2) is 5.82 Å². The predicted molar refractivity (Wildman–Crippen MR) is 131 cm³/mol. The number of pyridine rings is 1. The number of hydrogen-bond acceptors (Lipinski definition) is 7. The molecule has 0 aliphatic carbocycles. The molecule has 3 rings (SSSR count). The Bertz CT molecular complexity index is 1340. The molecule has 0 aliphatic heterocycles. The number of fused-ring (bicyclic) bond motifs is 1. The van der Waals surface area contributed by atoms with Crippen molar-refractivity contribution >= 4 is 34.9 Å². The third kappa shape index (κ3) is 5.30. The summed E-state index contributed by atoms with van der Waals surface area (Å²) in [5.74, 6) is -0.620. The van der Waals surface area contributed by atoms with Gasteiger partial charge in [-0.15, -0.1) is 0 Å². The summed E-state index contributed by atoms with van der Waals surface area (Å²) in [6.45, 7) is 7.66. The number of rotatable bonds is 8. The van der Waals surface area contributed by atoms with Crippen LogP contribution in [-0.2, 0) is 0 Å². The van der Waals surface area contributed by atoms with Crippen LogP contribution in [0.2, 0.25) is 0 Å². The molecule has 2 N–H and O–H groups in total. The Morgan fingerprint density at radius 1 is 1.35 bits per heavy atom. The zero-order chi connectivity index (χ0) is 24.7. The third-order valence-electron chi connectivity index (χ3n) is 5.20. The van der Waals surface area contributed by atoms with Gasteiger partial charge in [0, 0.05) is 48.3 Å². The number of aromatic nitrogens is 3. The molecule has 34 heavy (non-hydrogen) atoms. The van der Waals surface area contributed by atoms with E-state index in [4.69, 9.17) is 5.26 Å². The highest BCUT2D eigenvalue weighted by Gasteiger charge is 2.19. The number of halogens is 1. The molecule has 1 amide bonds. The topological polar surface area (TPSA) is 116 Å². The minimum Gasteiger partial charge on any atom is -0.369 e. The lowest BCUT2D eigenvalue weighted by molar-refractivity contribution is 0.0960. The van der Waals surface area contributed by atoms with E-state index in [2.05, 4.69) is 43.4 Å². The fraction of sp³-hybridized carbons (Fsp3) is 0.200. The van der Waals surface area contributed by atoms with Gasteiger partial charge in [0.05, 0.1) is 29.0 Å². The van der Waals surface area contributed by atoms with Gasteiger partial charge < -0.3 is 10.6 Å². The van der Waals surface area contributed by atoms with Crippen molar-refractivity contribution < 1.29 is 9.18 Å². The quantitative estimate of drug-likeness (QED) is 0.297. The van der Waals surface area contributed by atoms with E-state index in [1.807, 2.05) is 13.0 Å². The van der Waals surface area contributed by atoms with Crippen LogP contribution in [0.1, 0.15) is 41.4 Å². The average molecular weight is 458 g/mol. The molecule has 0 bridgehead atoms. The number of benzene rings is 1. The molecule has 1 atom stereocenters. The number of carbonyl (C=O) groups excluding carboxylic acids is 1. The number of nitrogens with one attached hydrogen (secondary N) is 2. The molecule has 9 heteroatoms. The minimum absolute atomic E-state index is 0.0224. The molecule has 2 aromatic heterocycles. The Hall–Kier alpha value is -4.45. The number of aliphatic imine (C=N–C) groups is 1. The lowest BCUT2D eigenvalue weighted by atomic mass is 9.96. The van der Waals surface area contributed by atoms with Crippen molar-refractivity contribution in [2.45, 2.75) is 19.8 Å². The van der Waals surface area contributed by atoms with Crippen molar-refractivity contribution in [2.75, 3.05) is 18.9 Å². The predicted octanol–water partition coefficient (Wildman–Crippen LogP) is 4.25. The van der Waals surface area contributed by atoms with E-state index < -0.39 is 11.7 Å². The van der Waals surface area contributed by atoms with Crippen molar-refractivity contribution in [1.82, 2.24) is 20.3 Å². The zero-order valence-electron chi connectivity index (χ0n) is 19.1. The first-order chi connectivity index (χ1) is 16.4. The normalized spacial score (nSPS) is 12.7. The summed E-state index contributed by atoms with van der Waals surface area (Å²) >= 11 is 0. The van der Waals surface area contributed by atoms with E-state index in [0.717, 1.165) is 11.8 Å². The molecular weight excluding hydrogens is 433 g/mol. The summed E-state index contributed by atoms with van der Waals surface area (Å²) in [6, 6.07) is 9.21. The van der Waals surface area contributed by atoms with Crippen LogP contribution in [-0.4, -0.2) is 41.2 Å². The third-order valence-corrected chi connectivity index (χ3v) is 5.20. The molecular formula is C25H24FN7O. The van der Waals surface area contributed by atoms with Crippen molar-refractivity contribution in [2.24, 2.45) is 4.99 Å². The van der Waals surface area contributed by atoms with Gasteiger partial charge in [0.1, 0.15) is 12.1 Å². The summed E-state index contributed by atoms with van der Waals surface area (Å²) in [4.78, 5) is 28.8. The number of allylic oxidation sites excluding steroid dienone is 3. The second-order valence-corrected chi connectivity index (χ2v) is 7.58. The van der Waals surface area contributed by atoms with Gasteiger partial charge in [-0.1, -0.05) is 25.1 Å². The largest absolute Gasteiger partial charge is 0.369 e. The van der Waals surface area contributed by atoms with Crippen LogP contribution in [0, 0.1) is 17.1 Å². The molecule has 0 unspecified atom stereocenters. The van der Waals surface area contributed by atoms with Gasteiger partial charge in [0.25, 0.3) is 5.91 Å². The Labute approximate surface area is 197 Å². The second kappa shape index (κ2) is 10.9. The fourth-order valence-corrected chi connectivity index (χ4v) is 3.50. The van der Waals surface area contributed by atoms with E-state index in [0.29, 0.717) is 40.1 Å². The van der Waals surface area contributed by atoms with E-state index >= 15 is 0 Å². The molecule has 8 nitrogen and oxygen atoms in total. The number of nitriles is 1. The van der Waals surface area contributed by atoms with Crippen LogP contribution < -0.4 is 10.6 Å². The second-order valence-electron chi connectivity index (χ2n) is 7.58. The number of carbonyl (C=O) groups is 1. The SMILES string of the molecule is C=N/C=C(\C=C(/C)C#N)c1cc(NC[C@@H](C)c2cccc3c(C(=O)NC)c(F)cnc23)ncn1. The first-order valence-electron chi connectivity index (χ1n) is 10.5. The van der Waals surface area contributed by atoms with Crippen LogP contribution in [0.15, 0.2) is 59.6 Å². The van der Waals surface area contributed by atoms with Gasteiger partial charge >= 0.3 is 0 Å². The highest BCUT2D eigenvalue weighted by molar-refractivity contribution is 6.06. The van der Waals surface area contributed by atoms with Gasteiger partial charge in [-0.2, -0.15) is 5.26 Å². The van der Waals surface area contributed by atoms with Crippen molar-refractivity contribution in [3.05, 3.63) is 77.3 Å². The van der Waals surface area contributed by atoms with Crippen molar-refractivity contribution in [1.29, 1.82) is 5.26 Å². The summed E-state index contributed by atoms with van der Waals surface area (Å²) in [6.07, 6.45) is 5.70. The fourth-order valence-electron chi connectivity index (χ4n) is 3.50. The summed E-state index contributed by atoms with van der Waals surface area (Å²) in [5.41, 5.74) is 3.14. The molecule has 0 aliphatic rings. The summed E-state index contributed by atoms with van der Waals surface area (Å²) < 4.78 is 14.3. The highest BCUT2D eigenvalue weighted by Crippen LogP contribution is 2.28. The van der Waals surface area contributed by atoms with E-state index in [1.54, 1.807) is 31.2 Å². The standard InChI is InChI=1S/C25H24FN7O/c1-15(10-27)8-17(12-28-3)21-9-22(33-14-32-21)30-11-16(2)18-6-5-7-19-23(25(34)29-4)20(26)13-31-24(18)19/h5-9,12-14,16H,3,11H2,1-2,4H3,(H,29,34)(H,30,32,33)/b15-8+,17-12+/t16-/m1/s1. The Morgan fingerprint density at radius 2 is 2.15 bits per heavy atom. The van der Waals surface area contributed by atoms with E-state index in [1.165, 1.54) is 19.6 Å². The number of amides is 1. The van der Waals surface area contributed by atoms with Gasteiger partial charge in [-0.05, 0) is 25.3 Å². The summed E-state index contributed by atoms with van der Waals surface area (Å²) in [5, 5.41) is 15.3. The van der Waals surface area contributed by atoms with Crippen LogP contribution in [0.5, 0.6) is 0 Å². The molecule has 0 saturated carbocycles. The molecule has 2 heterocycles. The number of nitrogens with zero attached hydrogens (tertiary/aromatic N) is 5. The molecule has 0 saturated heterocycles. The lowest BCUT2D eigenvalue weighted by Crippen LogP contribution is -2.20. The molecule has 1 aromatic carbocycles. The molecule has 0 spiro atoms. The van der Waals surface area contributed by atoms with Gasteiger partial charge in [0.2, 0.25) is 0 Å². The Kier molecular flexibility index (Phi) is 7.77. The summed E-state index contributed by atoms with van der Waals surface area (Å²) in [7, 11) is 1.46. The maximum Gasteiger partial charge on any atom is 0.254 e. The number of para-hydroxylation sites is 1. The van der Waals surface area contributed by atoms with Crippen LogP contribution in [0.25, 0.3) is 16.5 Å². The van der Waals surface area contributed by atoms with Gasteiger partial charge in [-0.25, -0.2) is 14.4 Å². The molecule has 3 aromatic rings. The Morgan fingerprint density at radius 3 is 2.85 bits per heavy atom. The first-order valence-corrected chi connectivity index (χ1v) is 10.5. The number of anilines is 1. The maximum atomic E-state index is 14.3. The Balaban J connectivity index is 1.87. The van der Waals surface area contributed by atoms with Crippen LogP contribution >= 0.6 is 0 Å². The smallest absolute Gasteiger partial charge is 0.254 e. The maximum absolute atomic E-state index is 14.3. The monoisotopic (exact) mass is 457 g/mol. The molecule has 172 valence electrons. The highest BCUT2D eigenvalue weighted by atomic mass is 19.1. The minimum atomic E-state index is -0.665. The van der Waals surface area contributed by atoms with E-state index in [-0.39, 0.29) is 11.5 Å². The van der Waals surface area contributed by atoms with Crippen molar-refractivity contribution in [3.8, 4) is 6.07 Å². The molecule has 0 radical (unpaired) electrons. The first kappa shape index (κ1) is 24.2. The lowest BCUT2D eigenvalue weighted by Gasteiger charge is -2.17. The average Bonchev–Trinajstić information content (AvgIpc) is 2.86. The molecule has 0 fully saturated rings. The van der Waals surface area contributed by atoms with Crippen LogP contribution in [0.4, 0.5) is 10.2 Å². The zero-order valence-corrected chi connectivity index (χ0v) is 19.1. The number of hydrogen-bond donors (Lipinski definition) is 2. The van der Waals surface area contributed by atoms with Gasteiger partial charge in [-0.3, -0.25) is 14.8 Å². The van der Waals surface area contributed by atoms with Crippen molar-refractivity contribution in [3.63, 3.8) is 0 Å². The van der Waals surface area contributed by atoms with Crippen LogP contribution in [0.3, 0.4) is 0 Å². The van der Waals surface area contributed by atoms with E-state index in [9.17, 15) is 9.18 Å².